The first-order valence-corrected chi connectivity index (χ1v) is 10.5. The van der Waals surface area contributed by atoms with Gasteiger partial charge in [-0.3, -0.25) is 9.54 Å². The number of fused-ring (bicyclic) bond motifs is 1. The number of nitrogen functional groups attached to an aromatic ring is 1. The number of aryl methyl sites for hydroxylation is 1. The number of nitrogens with two attached hydrogens (primary N) is 1. The van der Waals surface area contributed by atoms with Gasteiger partial charge >= 0.3 is 29.6 Å². The first-order chi connectivity index (χ1) is 14.3. The van der Waals surface area contributed by atoms with Crippen LogP contribution in [-0.4, -0.2) is 47.5 Å². The van der Waals surface area contributed by atoms with Crippen molar-refractivity contribution in [1.29, 1.82) is 0 Å². The number of pyridine rings is 1. The fraction of sp³-hybridized carbons (Fsp3) is 0.0455. The molecule has 1 aromatic heterocycles. The summed E-state index contributed by atoms with van der Waals surface area (Å²) in [5.41, 5.74) is 10.0. The van der Waals surface area contributed by atoms with Crippen LogP contribution in [0.25, 0.3) is 22.0 Å². The second kappa shape index (κ2) is 9.25. The molecule has 3 N–H and O–H groups in total. The van der Waals surface area contributed by atoms with E-state index >= 15 is 0 Å². The average molecular weight is 442 g/mol. The van der Waals surface area contributed by atoms with E-state index in [1.165, 1.54) is 6.07 Å². The maximum absolute atomic E-state index is 11.8. The normalized spacial score (nSPS) is 11.5. The van der Waals surface area contributed by atoms with Crippen molar-refractivity contribution in [3.05, 3.63) is 78.5 Å². The Morgan fingerprint density at radius 3 is 2.26 bits per heavy atom. The summed E-state index contributed by atoms with van der Waals surface area (Å²) in [5.74, 6) is 0. The molecule has 0 spiro atoms. The van der Waals surface area contributed by atoms with Crippen LogP contribution in [0, 0.1) is 6.92 Å². The molecule has 0 saturated heterocycles. The first-order valence-electron chi connectivity index (χ1n) is 9.07. The fourth-order valence-corrected chi connectivity index (χ4v) is 3.94. The van der Waals surface area contributed by atoms with Crippen molar-refractivity contribution in [2.24, 2.45) is 10.2 Å². The summed E-state index contributed by atoms with van der Waals surface area (Å²) in [6.45, 7) is 2.01. The Bertz CT molecular complexity index is 1390. The molecular weight excluding hydrogens is 423 g/mol. The van der Waals surface area contributed by atoms with E-state index in [2.05, 4.69) is 15.2 Å². The molecule has 7 nitrogen and oxygen atoms in total. The van der Waals surface area contributed by atoms with Gasteiger partial charge in [0.1, 0.15) is 16.3 Å². The van der Waals surface area contributed by atoms with Gasteiger partial charge in [0, 0.05) is 16.3 Å². The van der Waals surface area contributed by atoms with E-state index in [1.807, 2.05) is 37.3 Å². The second-order valence-corrected chi connectivity index (χ2v) is 8.13. The summed E-state index contributed by atoms with van der Waals surface area (Å²) in [7, 11) is -4.46. The minimum atomic E-state index is -4.46. The minimum absolute atomic E-state index is 0. The maximum atomic E-state index is 11.8. The van der Waals surface area contributed by atoms with E-state index in [9.17, 15) is 13.0 Å². The van der Waals surface area contributed by atoms with Crippen molar-refractivity contribution in [3.8, 4) is 11.3 Å². The Balaban J connectivity index is 0.00000272. The number of benzene rings is 3. The molecular formula is C22H19N4NaO3S. The van der Waals surface area contributed by atoms with Crippen molar-refractivity contribution in [3.63, 3.8) is 0 Å². The summed E-state index contributed by atoms with van der Waals surface area (Å²) >= 11 is 0. The number of anilines is 1. The Morgan fingerprint density at radius 1 is 0.935 bits per heavy atom. The SMILES string of the molecule is Cc1ccccc1-c1ccc(N=Nc2cc(S(=O)(=O)O)c3ccccc3c2N)cn1.[NaH]. The van der Waals surface area contributed by atoms with Crippen molar-refractivity contribution >= 4 is 67.5 Å². The third kappa shape index (κ3) is 4.84. The average Bonchev–Trinajstić information content (AvgIpc) is 2.73. The molecule has 1 heterocycles. The molecule has 4 rings (SSSR count). The van der Waals surface area contributed by atoms with Crippen LogP contribution in [0.1, 0.15) is 5.56 Å². The van der Waals surface area contributed by atoms with Crippen LogP contribution in [0.4, 0.5) is 17.1 Å². The molecule has 0 unspecified atom stereocenters. The zero-order valence-corrected chi connectivity index (χ0v) is 16.8. The van der Waals surface area contributed by atoms with Gasteiger partial charge in [-0.05, 0) is 30.7 Å². The topological polar surface area (TPSA) is 118 Å². The Labute approximate surface area is 202 Å². The van der Waals surface area contributed by atoms with Gasteiger partial charge in [0.2, 0.25) is 0 Å². The predicted octanol–water partition coefficient (Wildman–Crippen LogP) is 4.81. The quantitative estimate of drug-likeness (QED) is 0.204. The molecule has 152 valence electrons. The first kappa shape index (κ1) is 23.1. The number of hydrogen-bond acceptors (Lipinski definition) is 6. The second-order valence-electron chi connectivity index (χ2n) is 6.74. The van der Waals surface area contributed by atoms with Crippen LogP contribution in [0.15, 0.2) is 88.1 Å². The van der Waals surface area contributed by atoms with Crippen LogP contribution in [-0.2, 0) is 10.1 Å². The van der Waals surface area contributed by atoms with Gasteiger partial charge in [-0.15, -0.1) is 10.2 Å². The standard InChI is InChI=1S/C22H18N4O3S.Na.H/c1-14-6-2-3-7-16(14)19-11-10-15(13-24-19)25-26-20-12-21(30(27,28)29)17-8-4-5-9-18(17)22(20)23;;/h2-13H,23H2,1H3,(H,27,28,29);;. The summed E-state index contributed by atoms with van der Waals surface area (Å²) in [5, 5.41) is 9.02. The third-order valence-electron chi connectivity index (χ3n) is 4.75. The van der Waals surface area contributed by atoms with Gasteiger partial charge in [0.25, 0.3) is 10.1 Å². The zero-order chi connectivity index (χ0) is 21.3. The van der Waals surface area contributed by atoms with E-state index in [0.717, 1.165) is 16.8 Å². The Hall–Kier alpha value is -2.62. The number of aromatic nitrogens is 1. The van der Waals surface area contributed by atoms with Crippen LogP contribution in [0.5, 0.6) is 0 Å². The Morgan fingerprint density at radius 2 is 1.61 bits per heavy atom. The molecule has 9 heteroatoms. The summed E-state index contributed by atoms with van der Waals surface area (Å²) in [4.78, 5) is 4.16. The van der Waals surface area contributed by atoms with Gasteiger partial charge in [0.15, 0.2) is 0 Å². The predicted molar refractivity (Wildman–Crippen MR) is 124 cm³/mol. The summed E-state index contributed by atoms with van der Waals surface area (Å²) in [6.07, 6.45) is 1.58. The third-order valence-corrected chi connectivity index (χ3v) is 5.64. The van der Waals surface area contributed by atoms with E-state index in [0.29, 0.717) is 16.5 Å². The van der Waals surface area contributed by atoms with Gasteiger partial charge < -0.3 is 5.73 Å². The van der Waals surface area contributed by atoms with E-state index in [1.54, 1.807) is 36.5 Å². The molecule has 0 aliphatic heterocycles. The van der Waals surface area contributed by atoms with E-state index < -0.39 is 10.1 Å². The number of azo groups is 1. The molecule has 0 aliphatic rings. The molecule has 3 aromatic carbocycles. The van der Waals surface area contributed by atoms with Crippen LogP contribution in [0.2, 0.25) is 0 Å². The molecule has 0 radical (unpaired) electrons. The van der Waals surface area contributed by atoms with Crippen LogP contribution >= 0.6 is 0 Å². The van der Waals surface area contributed by atoms with E-state index in [-0.39, 0.29) is 45.8 Å². The number of hydrogen-bond donors (Lipinski definition) is 2. The van der Waals surface area contributed by atoms with E-state index in [4.69, 9.17) is 5.73 Å². The van der Waals surface area contributed by atoms with Crippen molar-refractivity contribution in [1.82, 2.24) is 4.98 Å². The molecule has 4 aromatic rings. The molecule has 31 heavy (non-hydrogen) atoms. The summed E-state index contributed by atoms with van der Waals surface area (Å²) < 4.78 is 33.2. The van der Waals surface area contributed by atoms with Crippen molar-refractivity contribution in [2.75, 3.05) is 5.73 Å². The van der Waals surface area contributed by atoms with Gasteiger partial charge in [-0.1, -0.05) is 48.5 Å². The fourth-order valence-electron chi connectivity index (χ4n) is 3.22. The van der Waals surface area contributed by atoms with Crippen molar-refractivity contribution in [2.45, 2.75) is 11.8 Å². The number of nitrogens with zero attached hydrogens (tertiary/aromatic N) is 3. The van der Waals surface area contributed by atoms with Crippen LogP contribution in [0.3, 0.4) is 0 Å². The number of rotatable bonds is 4. The summed E-state index contributed by atoms with van der Waals surface area (Å²) in [6, 6.07) is 19.4. The van der Waals surface area contributed by atoms with Crippen molar-refractivity contribution < 1.29 is 13.0 Å². The van der Waals surface area contributed by atoms with Gasteiger partial charge in [0.05, 0.1) is 17.6 Å². The monoisotopic (exact) mass is 442 g/mol. The molecule has 0 amide bonds. The van der Waals surface area contributed by atoms with Gasteiger partial charge in [-0.2, -0.15) is 8.42 Å². The molecule has 0 bridgehead atoms. The molecule has 0 fully saturated rings. The van der Waals surface area contributed by atoms with Crippen LogP contribution < -0.4 is 5.73 Å². The zero-order valence-electron chi connectivity index (χ0n) is 16.0. The van der Waals surface area contributed by atoms with Gasteiger partial charge in [-0.25, -0.2) is 0 Å². The molecule has 0 saturated carbocycles. The molecule has 0 aliphatic carbocycles. The molecule has 0 atom stereocenters. The Kier molecular flexibility index (Phi) is 6.88.